The lowest BCUT2D eigenvalue weighted by atomic mass is 10.1. The Bertz CT molecular complexity index is 120. The van der Waals surface area contributed by atoms with Crippen LogP contribution in [0.2, 0.25) is 0 Å². The molecular weight excluding hydrogens is 134 g/mol. The van der Waals surface area contributed by atoms with Crippen LogP contribution < -0.4 is 0 Å². The molecule has 0 aromatic carbocycles. The number of likely N-dealkylation sites (tertiary alicyclic amines) is 1. The average molecular weight is 155 g/mol. The SMILES string of the molecule is CC[C@@H]1CC[C@H](C)N1C(C)C. The van der Waals surface area contributed by atoms with E-state index in [1.54, 1.807) is 0 Å². The minimum atomic E-state index is 0.734. The van der Waals surface area contributed by atoms with E-state index in [0.717, 1.165) is 18.1 Å². The predicted octanol–water partition coefficient (Wildman–Crippen LogP) is 2.66. The zero-order chi connectivity index (χ0) is 8.43. The van der Waals surface area contributed by atoms with Crippen molar-refractivity contribution in [2.75, 3.05) is 0 Å². The second kappa shape index (κ2) is 3.57. The van der Waals surface area contributed by atoms with Gasteiger partial charge in [0.15, 0.2) is 0 Å². The molecule has 0 aromatic rings. The third kappa shape index (κ3) is 1.76. The number of hydrogen-bond donors (Lipinski definition) is 0. The van der Waals surface area contributed by atoms with Crippen LogP contribution in [0.15, 0.2) is 0 Å². The maximum absolute atomic E-state index is 2.67. The van der Waals surface area contributed by atoms with Gasteiger partial charge < -0.3 is 0 Å². The van der Waals surface area contributed by atoms with E-state index in [1.807, 2.05) is 0 Å². The fourth-order valence-electron chi connectivity index (χ4n) is 2.44. The van der Waals surface area contributed by atoms with Crippen molar-refractivity contribution < 1.29 is 0 Å². The van der Waals surface area contributed by atoms with Gasteiger partial charge in [0.05, 0.1) is 0 Å². The van der Waals surface area contributed by atoms with Gasteiger partial charge in [-0.25, -0.2) is 0 Å². The van der Waals surface area contributed by atoms with Gasteiger partial charge in [-0.1, -0.05) is 6.92 Å². The summed E-state index contributed by atoms with van der Waals surface area (Å²) < 4.78 is 0. The lowest BCUT2D eigenvalue weighted by Gasteiger charge is -2.31. The molecule has 0 aliphatic carbocycles. The molecule has 0 spiro atoms. The van der Waals surface area contributed by atoms with E-state index in [-0.39, 0.29) is 0 Å². The van der Waals surface area contributed by atoms with Crippen molar-refractivity contribution >= 4 is 0 Å². The largest absolute Gasteiger partial charge is 0.295 e. The maximum atomic E-state index is 2.67. The summed E-state index contributed by atoms with van der Waals surface area (Å²) in [5.74, 6) is 0. The summed E-state index contributed by atoms with van der Waals surface area (Å²) in [5, 5.41) is 0. The van der Waals surface area contributed by atoms with Crippen molar-refractivity contribution in [1.82, 2.24) is 4.90 Å². The molecule has 1 aliphatic heterocycles. The molecule has 1 rings (SSSR count). The highest BCUT2D eigenvalue weighted by molar-refractivity contribution is 4.86. The Morgan fingerprint density at radius 1 is 1.36 bits per heavy atom. The summed E-state index contributed by atoms with van der Waals surface area (Å²) in [4.78, 5) is 2.67. The molecule has 1 heteroatoms. The van der Waals surface area contributed by atoms with Crippen LogP contribution in [0, 0.1) is 0 Å². The van der Waals surface area contributed by atoms with Crippen LogP contribution in [0.25, 0.3) is 0 Å². The number of rotatable bonds is 2. The topological polar surface area (TPSA) is 3.24 Å². The summed E-state index contributed by atoms with van der Waals surface area (Å²) in [7, 11) is 0. The van der Waals surface area contributed by atoms with E-state index in [1.165, 1.54) is 19.3 Å². The van der Waals surface area contributed by atoms with Crippen LogP contribution in [-0.4, -0.2) is 23.0 Å². The van der Waals surface area contributed by atoms with Gasteiger partial charge in [0, 0.05) is 18.1 Å². The van der Waals surface area contributed by atoms with Crippen LogP contribution in [0.4, 0.5) is 0 Å². The normalized spacial score (nSPS) is 33.5. The summed E-state index contributed by atoms with van der Waals surface area (Å²) in [6.45, 7) is 9.28. The van der Waals surface area contributed by atoms with E-state index in [4.69, 9.17) is 0 Å². The highest BCUT2D eigenvalue weighted by Crippen LogP contribution is 2.27. The van der Waals surface area contributed by atoms with Crippen LogP contribution in [0.3, 0.4) is 0 Å². The van der Waals surface area contributed by atoms with Crippen molar-refractivity contribution in [3.05, 3.63) is 0 Å². The van der Waals surface area contributed by atoms with Gasteiger partial charge in [-0.05, 0) is 40.0 Å². The first-order valence-electron chi connectivity index (χ1n) is 4.94. The predicted molar refractivity (Wildman–Crippen MR) is 49.8 cm³/mol. The molecular formula is C10H21N. The molecule has 0 unspecified atom stereocenters. The highest BCUT2D eigenvalue weighted by Gasteiger charge is 2.30. The fraction of sp³-hybridized carbons (Fsp3) is 1.00. The first-order valence-corrected chi connectivity index (χ1v) is 4.94. The Morgan fingerprint density at radius 3 is 2.36 bits per heavy atom. The average Bonchev–Trinajstić information content (AvgIpc) is 2.30. The van der Waals surface area contributed by atoms with Gasteiger partial charge >= 0.3 is 0 Å². The summed E-state index contributed by atoms with van der Waals surface area (Å²) >= 11 is 0. The molecule has 1 nitrogen and oxygen atoms in total. The molecule has 0 bridgehead atoms. The monoisotopic (exact) mass is 155 g/mol. The molecule has 0 saturated carbocycles. The third-order valence-electron chi connectivity index (χ3n) is 2.92. The van der Waals surface area contributed by atoms with Crippen molar-refractivity contribution in [3.8, 4) is 0 Å². The van der Waals surface area contributed by atoms with Crippen LogP contribution in [-0.2, 0) is 0 Å². The van der Waals surface area contributed by atoms with Crippen LogP contribution in [0.5, 0.6) is 0 Å². The molecule has 0 amide bonds. The van der Waals surface area contributed by atoms with Crippen LogP contribution in [0.1, 0.15) is 47.0 Å². The van der Waals surface area contributed by atoms with E-state index in [9.17, 15) is 0 Å². The summed E-state index contributed by atoms with van der Waals surface area (Å²) in [5.41, 5.74) is 0. The first kappa shape index (κ1) is 9.05. The lowest BCUT2D eigenvalue weighted by Crippen LogP contribution is -2.39. The van der Waals surface area contributed by atoms with E-state index in [0.29, 0.717) is 0 Å². The lowest BCUT2D eigenvalue weighted by molar-refractivity contribution is 0.154. The first-order chi connectivity index (χ1) is 5.16. The van der Waals surface area contributed by atoms with E-state index >= 15 is 0 Å². The van der Waals surface area contributed by atoms with Gasteiger partial charge in [0.2, 0.25) is 0 Å². The minimum Gasteiger partial charge on any atom is -0.295 e. The molecule has 0 radical (unpaired) electrons. The van der Waals surface area contributed by atoms with Gasteiger partial charge in [-0.2, -0.15) is 0 Å². The highest BCUT2D eigenvalue weighted by atomic mass is 15.2. The fourth-order valence-corrected chi connectivity index (χ4v) is 2.44. The molecule has 1 aliphatic rings. The molecule has 2 atom stereocenters. The number of nitrogens with zero attached hydrogens (tertiary/aromatic N) is 1. The third-order valence-corrected chi connectivity index (χ3v) is 2.92. The standard InChI is InChI=1S/C10H21N/c1-5-10-7-6-9(4)11(10)8(2)3/h8-10H,5-7H2,1-4H3/t9-,10+/m0/s1. The van der Waals surface area contributed by atoms with Gasteiger partial charge in [0.25, 0.3) is 0 Å². The van der Waals surface area contributed by atoms with E-state index in [2.05, 4.69) is 32.6 Å². The van der Waals surface area contributed by atoms with Crippen molar-refractivity contribution in [2.24, 2.45) is 0 Å². The quantitative estimate of drug-likeness (QED) is 0.592. The Balaban J connectivity index is 2.56. The smallest absolute Gasteiger partial charge is 0.00987 e. The number of hydrogen-bond acceptors (Lipinski definition) is 1. The molecule has 0 N–H and O–H groups in total. The van der Waals surface area contributed by atoms with E-state index < -0.39 is 0 Å². The Morgan fingerprint density at radius 2 is 2.00 bits per heavy atom. The van der Waals surface area contributed by atoms with Crippen molar-refractivity contribution in [3.63, 3.8) is 0 Å². The van der Waals surface area contributed by atoms with Gasteiger partial charge in [-0.15, -0.1) is 0 Å². The summed E-state index contributed by atoms with van der Waals surface area (Å²) in [6, 6.07) is 2.42. The molecule has 1 saturated heterocycles. The summed E-state index contributed by atoms with van der Waals surface area (Å²) in [6.07, 6.45) is 4.13. The Kier molecular flexibility index (Phi) is 2.94. The Hall–Kier alpha value is -0.0400. The zero-order valence-corrected chi connectivity index (χ0v) is 8.30. The molecule has 1 heterocycles. The minimum absolute atomic E-state index is 0.734. The zero-order valence-electron chi connectivity index (χ0n) is 8.30. The van der Waals surface area contributed by atoms with Gasteiger partial charge in [0.1, 0.15) is 0 Å². The molecule has 0 aromatic heterocycles. The molecule has 11 heavy (non-hydrogen) atoms. The molecule has 66 valence electrons. The van der Waals surface area contributed by atoms with Gasteiger partial charge in [-0.3, -0.25) is 4.90 Å². The second-order valence-corrected chi connectivity index (χ2v) is 4.03. The molecule has 1 fully saturated rings. The van der Waals surface area contributed by atoms with Crippen molar-refractivity contribution in [2.45, 2.75) is 65.1 Å². The van der Waals surface area contributed by atoms with Crippen LogP contribution >= 0.6 is 0 Å². The van der Waals surface area contributed by atoms with Crippen molar-refractivity contribution in [1.29, 1.82) is 0 Å². The second-order valence-electron chi connectivity index (χ2n) is 4.03. The Labute approximate surface area is 70.8 Å². The maximum Gasteiger partial charge on any atom is 0.00987 e.